The van der Waals surface area contributed by atoms with Gasteiger partial charge in [-0.3, -0.25) is 9.59 Å². The molecule has 0 aliphatic rings. The third-order valence-corrected chi connectivity index (χ3v) is 4.68. The van der Waals surface area contributed by atoms with Crippen molar-refractivity contribution in [3.8, 4) is 5.69 Å². The summed E-state index contributed by atoms with van der Waals surface area (Å²) >= 11 is 0. The van der Waals surface area contributed by atoms with Crippen LogP contribution in [0, 0.1) is 6.92 Å². The fourth-order valence-corrected chi connectivity index (χ4v) is 3.19. The molecule has 0 atom stereocenters. The number of likely N-dealkylation sites (N-methyl/N-ethyl adjacent to an activating group) is 1. The molecule has 7 nitrogen and oxygen atoms in total. The summed E-state index contributed by atoms with van der Waals surface area (Å²) in [6, 6.07) is 13.1. The van der Waals surface area contributed by atoms with E-state index in [2.05, 4.69) is 15.7 Å². The van der Waals surface area contributed by atoms with Gasteiger partial charge in [-0.15, -0.1) is 0 Å². The van der Waals surface area contributed by atoms with Crippen LogP contribution < -0.4 is 10.6 Å². The van der Waals surface area contributed by atoms with Gasteiger partial charge in [-0.05, 0) is 50.8 Å². The van der Waals surface area contributed by atoms with Crippen molar-refractivity contribution < 1.29 is 22.8 Å². The van der Waals surface area contributed by atoms with Gasteiger partial charge in [-0.1, -0.05) is 29.8 Å². The molecule has 2 aromatic carbocycles. The molecule has 10 heteroatoms. The van der Waals surface area contributed by atoms with E-state index >= 15 is 0 Å². The van der Waals surface area contributed by atoms with Gasteiger partial charge in [0, 0.05) is 12.2 Å². The molecule has 2 amide bonds. The predicted octanol–water partition coefficient (Wildman–Crippen LogP) is 3.63. The number of carbonyl (C=O) groups excluding carboxylic acids is 2. The monoisotopic (exact) mass is 459 g/mol. The Kier molecular flexibility index (Phi) is 7.17. The van der Waals surface area contributed by atoms with Crippen LogP contribution in [0.1, 0.15) is 27.2 Å². The van der Waals surface area contributed by atoms with Crippen molar-refractivity contribution in [3.05, 3.63) is 77.1 Å². The lowest BCUT2D eigenvalue weighted by Crippen LogP contribution is -2.27. The van der Waals surface area contributed by atoms with Gasteiger partial charge in [0.15, 0.2) is 5.69 Å². The lowest BCUT2D eigenvalue weighted by molar-refractivity contribution is -0.143. The molecule has 1 aromatic heterocycles. The molecule has 0 fully saturated rings. The van der Waals surface area contributed by atoms with Gasteiger partial charge >= 0.3 is 6.18 Å². The summed E-state index contributed by atoms with van der Waals surface area (Å²) in [6.45, 7) is 1.99. The first-order chi connectivity index (χ1) is 15.5. The van der Waals surface area contributed by atoms with E-state index in [-0.39, 0.29) is 24.7 Å². The van der Waals surface area contributed by atoms with Crippen LogP contribution in [0.25, 0.3) is 5.69 Å². The standard InChI is InChI=1S/C23H24F3N5O2/c1-15-7-9-18(10-8-15)31-21(23(24,25)26)19(13-28-31)22(33)27-12-16-5-4-6-17(11-16)29-20(32)14-30(2)3/h4-11,13H,12,14H2,1-3H3,(H,27,33)(H,29,32). The van der Waals surface area contributed by atoms with E-state index in [1.54, 1.807) is 55.4 Å². The molecule has 1 heterocycles. The number of benzene rings is 2. The Morgan fingerprint density at radius 3 is 2.42 bits per heavy atom. The molecule has 2 N–H and O–H groups in total. The van der Waals surface area contributed by atoms with E-state index in [0.29, 0.717) is 11.3 Å². The van der Waals surface area contributed by atoms with Gasteiger partial charge in [0.2, 0.25) is 5.91 Å². The SMILES string of the molecule is Cc1ccc(-n2ncc(C(=O)NCc3cccc(NC(=O)CN(C)C)c3)c2C(F)(F)F)cc1. The van der Waals surface area contributed by atoms with Crippen LogP contribution in [0.3, 0.4) is 0 Å². The number of hydrogen-bond acceptors (Lipinski definition) is 4. The number of anilines is 1. The Bertz CT molecular complexity index is 1140. The van der Waals surface area contributed by atoms with Crippen molar-refractivity contribution in [1.29, 1.82) is 0 Å². The Morgan fingerprint density at radius 2 is 1.79 bits per heavy atom. The summed E-state index contributed by atoms with van der Waals surface area (Å²) in [6.07, 6.45) is -3.87. The normalized spacial score (nSPS) is 11.5. The summed E-state index contributed by atoms with van der Waals surface area (Å²) in [7, 11) is 3.53. The number of carbonyl (C=O) groups is 2. The van der Waals surface area contributed by atoms with Crippen LogP contribution in [-0.4, -0.2) is 47.1 Å². The quantitative estimate of drug-likeness (QED) is 0.566. The average molecular weight is 459 g/mol. The van der Waals surface area contributed by atoms with Crippen LogP contribution in [-0.2, 0) is 17.5 Å². The maximum atomic E-state index is 13.8. The second kappa shape index (κ2) is 9.86. The number of amides is 2. The fraction of sp³-hybridized carbons (Fsp3) is 0.261. The van der Waals surface area contributed by atoms with Crippen LogP contribution in [0.15, 0.2) is 54.7 Å². The van der Waals surface area contributed by atoms with Gasteiger partial charge in [0.25, 0.3) is 5.91 Å². The molecular formula is C23H24F3N5O2. The number of alkyl halides is 3. The van der Waals surface area contributed by atoms with Gasteiger partial charge in [0.05, 0.1) is 24.0 Å². The Hall–Kier alpha value is -3.66. The largest absolute Gasteiger partial charge is 0.434 e. The minimum atomic E-state index is -4.79. The van der Waals surface area contributed by atoms with Crippen molar-refractivity contribution in [2.45, 2.75) is 19.6 Å². The highest BCUT2D eigenvalue weighted by Gasteiger charge is 2.40. The first-order valence-electron chi connectivity index (χ1n) is 10.1. The number of aromatic nitrogens is 2. The van der Waals surface area contributed by atoms with Crippen LogP contribution in [0.4, 0.5) is 18.9 Å². The minimum Gasteiger partial charge on any atom is -0.348 e. The number of halogens is 3. The van der Waals surface area contributed by atoms with E-state index in [1.807, 2.05) is 6.92 Å². The summed E-state index contributed by atoms with van der Waals surface area (Å²) in [5.74, 6) is -1.11. The molecule has 0 saturated heterocycles. The molecule has 0 saturated carbocycles. The van der Waals surface area contributed by atoms with E-state index in [9.17, 15) is 22.8 Å². The molecule has 0 aliphatic carbocycles. The van der Waals surface area contributed by atoms with Crippen LogP contribution >= 0.6 is 0 Å². The molecule has 0 unspecified atom stereocenters. The molecule has 0 radical (unpaired) electrons. The van der Waals surface area contributed by atoms with E-state index in [4.69, 9.17) is 0 Å². The highest BCUT2D eigenvalue weighted by Crippen LogP contribution is 2.33. The van der Waals surface area contributed by atoms with E-state index in [0.717, 1.165) is 16.4 Å². The maximum Gasteiger partial charge on any atom is 0.434 e. The molecule has 0 aliphatic heterocycles. The van der Waals surface area contributed by atoms with Crippen molar-refractivity contribution in [2.24, 2.45) is 0 Å². The maximum absolute atomic E-state index is 13.8. The summed E-state index contributed by atoms with van der Waals surface area (Å²) in [4.78, 5) is 26.3. The molecule has 0 spiro atoms. The summed E-state index contributed by atoms with van der Waals surface area (Å²) in [5, 5.41) is 9.05. The van der Waals surface area contributed by atoms with Gasteiger partial charge < -0.3 is 15.5 Å². The van der Waals surface area contributed by atoms with Crippen LogP contribution in [0.2, 0.25) is 0 Å². The first-order valence-corrected chi connectivity index (χ1v) is 10.1. The van der Waals surface area contributed by atoms with E-state index < -0.39 is 23.3 Å². The molecule has 3 aromatic rings. The zero-order valence-electron chi connectivity index (χ0n) is 18.4. The van der Waals surface area contributed by atoms with Gasteiger partial charge in [-0.25, -0.2) is 4.68 Å². The number of nitrogens with one attached hydrogen (secondary N) is 2. The summed E-state index contributed by atoms with van der Waals surface area (Å²) < 4.78 is 42.2. The number of nitrogens with zero attached hydrogens (tertiary/aromatic N) is 3. The number of aryl methyl sites for hydroxylation is 1. The van der Waals surface area contributed by atoms with Crippen molar-refractivity contribution in [1.82, 2.24) is 20.0 Å². The lowest BCUT2D eigenvalue weighted by Gasteiger charge is -2.13. The van der Waals surface area contributed by atoms with Crippen molar-refractivity contribution >= 4 is 17.5 Å². The zero-order valence-corrected chi connectivity index (χ0v) is 18.4. The molecule has 3 rings (SSSR count). The third-order valence-electron chi connectivity index (χ3n) is 4.68. The van der Waals surface area contributed by atoms with Gasteiger partial charge in [-0.2, -0.15) is 18.3 Å². The Labute approximate surface area is 189 Å². The molecule has 0 bridgehead atoms. The highest BCUT2D eigenvalue weighted by atomic mass is 19.4. The smallest absolute Gasteiger partial charge is 0.348 e. The topological polar surface area (TPSA) is 79.3 Å². The molecule has 174 valence electrons. The van der Waals surface area contributed by atoms with Gasteiger partial charge in [0.1, 0.15) is 0 Å². The Morgan fingerprint density at radius 1 is 1.09 bits per heavy atom. The molecular weight excluding hydrogens is 435 g/mol. The number of hydrogen-bond donors (Lipinski definition) is 2. The second-order valence-electron chi connectivity index (χ2n) is 7.82. The average Bonchev–Trinajstić information content (AvgIpc) is 3.18. The summed E-state index contributed by atoms with van der Waals surface area (Å²) in [5.41, 5.74) is 0.514. The zero-order chi connectivity index (χ0) is 24.2. The first kappa shape index (κ1) is 24.0. The fourth-order valence-electron chi connectivity index (χ4n) is 3.19. The third kappa shape index (κ3) is 6.19. The lowest BCUT2D eigenvalue weighted by atomic mass is 10.1. The second-order valence-corrected chi connectivity index (χ2v) is 7.82. The predicted molar refractivity (Wildman–Crippen MR) is 118 cm³/mol. The van der Waals surface area contributed by atoms with Crippen molar-refractivity contribution in [2.75, 3.05) is 26.0 Å². The van der Waals surface area contributed by atoms with E-state index in [1.165, 1.54) is 12.1 Å². The highest BCUT2D eigenvalue weighted by molar-refractivity contribution is 5.95. The number of rotatable bonds is 7. The van der Waals surface area contributed by atoms with Crippen LogP contribution in [0.5, 0.6) is 0 Å². The van der Waals surface area contributed by atoms with Crippen molar-refractivity contribution in [3.63, 3.8) is 0 Å². The Balaban J connectivity index is 1.77. The molecule has 33 heavy (non-hydrogen) atoms. The minimum absolute atomic E-state index is 0.0246.